The molecule has 1 saturated heterocycles. The molecule has 1 amide bonds. The second-order valence-electron chi connectivity index (χ2n) is 4.19. The molecule has 1 rings (SSSR count). The summed E-state index contributed by atoms with van der Waals surface area (Å²) >= 11 is 0. The first-order valence-corrected chi connectivity index (χ1v) is 5.54. The van der Waals surface area contributed by atoms with E-state index in [4.69, 9.17) is 5.73 Å². The van der Waals surface area contributed by atoms with Gasteiger partial charge in [-0.3, -0.25) is 4.79 Å². The van der Waals surface area contributed by atoms with Crippen LogP contribution < -0.4 is 5.73 Å². The molecular weight excluding hydrogens is 273 g/mol. The number of nitrogens with zero attached hydrogens (tertiary/aromatic N) is 1. The van der Waals surface area contributed by atoms with Crippen molar-refractivity contribution in [2.75, 3.05) is 32.8 Å². The fraction of sp³-hybridized carbons (Fsp3) is 0.900. The Morgan fingerprint density at radius 1 is 1.44 bits per heavy atom. The van der Waals surface area contributed by atoms with Crippen LogP contribution in [0.4, 0.5) is 13.2 Å². The number of carbonyl (C=O) groups is 1. The lowest BCUT2D eigenvalue weighted by atomic mass is 9.98. The number of alkyl halides is 3. The van der Waals surface area contributed by atoms with Crippen LogP contribution in [0.25, 0.3) is 0 Å². The maximum Gasteiger partial charge on any atom is 0.411 e. The zero-order valence-electron chi connectivity index (χ0n) is 9.91. The molecular formula is C10H18ClF3N2O2. The van der Waals surface area contributed by atoms with Crippen LogP contribution in [0.1, 0.15) is 12.8 Å². The second-order valence-corrected chi connectivity index (χ2v) is 4.19. The Kier molecular flexibility index (Phi) is 7.58. The molecule has 4 nitrogen and oxygen atoms in total. The first kappa shape index (κ1) is 17.5. The predicted octanol–water partition coefficient (Wildman–Crippen LogP) is 1.18. The van der Waals surface area contributed by atoms with Gasteiger partial charge in [0.1, 0.15) is 13.2 Å². The van der Waals surface area contributed by atoms with Crippen LogP contribution in [0.5, 0.6) is 0 Å². The molecule has 0 saturated carbocycles. The van der Waals surface area contributed by atoms with Gasteiger partial charge >= 0.3 is 6.18 Å². The molecule has 1 heterocycles. The highest BCUT2D eigenvalue weighted by atomic mass is 35.5. The normalized spacial score (nSPS) is 20.4. The number of carbonyl (C=O) groups excluding carboxylic acids is 1. The average Bonchev–Trinajstić information content (AvgIpc) is 2.27. The summed E-state index contributed by atoms with van der Waals surface area (Å²) in [6, 6.07) is 0. The van der Waals surface area contributed by atoms with Gasteiger partial charge < -0.3 is 15.4 Å². The molecule has 0 aromatic rings. The SMILES string of the molecule is Cl.NCC1CCCN(C(=O)COCC(F)(F)F)C1. The van der Waals surface area contributed by atoms with E-state index in [0.29, 0.717) is 19.6 Å². The van der Waals surface area contributed by atoms with Gasteiger partial charge in [-0.05, 0) is 25.3 Å². The van der Waals surface area contributed by atoms with Crippen LogP contribution in [0.3, 0.4) is 0 Å². The van der Waals surface area contributed by atoms with E-state index in [0.717, 1.165) is 12.8 Å². The second kappa shape index (κ2) is 7.81. The molecule has 1 aliphatic heterocycles. The molecule has 1 unspecified atom stereocenters. The Balaban J connectivity index is 0.00000289. The minimum atomic E-state index is -4.39. The Morgan fingerprint density at radius 3 is 2.67 bits per heavy atom. The summed E-state index contributed by atoms with van der Waals surface area (Å²) in [4.78, 5) is 13.1. The van der Waals surface area contributed by atoms with Gasteiger partial charge in [-0.25, -0.2) is 0 Å². The highest BCUT2D eigenvalue weighted by Crippen LogP contribution is 2.16. The van der Waals surface area contributed by atoms with Crippen molar-refractivity contribution in [1.29, 1.82) is 0 Å². The number of halogens is 4. The highest BCUT2D eigenvalue weighted by Gasteiger charge is 2.29. The summed E-state index contributed by atoms with van der Waals surface area (Å²) in [6.07, 6.45) is -2.58. The average molecular weight is 291 g/mol. The molecule has 0 aromatic carbocycles. The standard InChI is InChI=1S/C10H17F3N2O2.ClH/c11-10(12,13)7-17-6-9(16)15-3-1-2-8(4-14)5-15;/h8H,1-7,14H2;1H. The van der Waals surface area contributed by atoms with E-state index in [9.17, 15) is 18.0 Å². The van der Waals surface area contributed by atoms with Gasteiger partial charge in [-0.1, -0.05) is 0 Å². The van der Waals surface area contributed by atoms with E-state index in [1.165, 1.54) is 4.90 Å². The molecule has 1 fully saturated rings. The first-order valence-electron chi connectivity index (χ1n) is 5.54. The minimum absolute atomic E-state index is 0. The van der Waals surface area contributed by atoms with Crippen molar-refractivity contribution in [2.24, 2.45) is 11.7 Å². The molecule has 0 aliphatic carbocycles. The summed E-state index contributed by atoms with van der Waals surface area (Å²) in [7, 11) is 0. The molecule has 18 heavy (non-hydrogen) atoms. The number of hydrogen-bond acceptors (Lipinski definition) is 3. The number of piperidine rings is 1. The van der Waals surface area contributed by atoms with Crippen LogP contribution in [-0.4, -0.2) is 49.8 Å². The van der Waals surface area contributed by atoms with Crippen molar-refractivity contribution < 1.29 is 22.7 Å². The third kappa shape index (κ3) is 6.42. The van der Waals surface area contributed by atoms with Crippen LogP contribution >= 0.6 is 12.4 Å². The van der Waals surface area contributed by atoms with Gasteiger partial charge in [0, 0.05) is 13.1 Å². The zero-order chi connectivity index (χ0) is 12.9. The molecule has 0 radical (unpaired) electrons. The molecule has 0 spiro atoms. The fourth-order valence-corrected chi connectivity index (χ4v) is 1.83. The van der Waals surface area contributed by atoms with Crippen molar-refractivity contribution in [3.8, 4) is 0 Å². The Morgan fingerprint density at radius 2 is 2.11 bits per heavy atom. The maximum absolute atomic E-state index is 11.8. The van der Waals surface area contributed by atoms with E-state index in [1.807, 2.05) is 0 Å². The Hall–Kier alpha value is -0.530. The molecule has 1 aliphatic rings. The quantitative estimate of drug-likeness (QED) is 0.846. The zero-order valence-corrected chi connectivity index (χ0v) is 10.7. The van der Waals surface area contributed by atoms with Gasteiger partial charge in [-0.2, -0.15) is 13.2 Å². The van der Waals surface area contributed by atoms with Crippen molar-refractivity contribution in [3.63, 3.8) is 0 Å². The third-order valence-corrected chi connectivity index (χ3v) is 2.70. The van der Waals surface area contributed by atoms with E-state index in [1.54, 1.807) is 0 Å². The number of ether oxygens (including phenoxy) is 1. The molecule has 1 atom stereocenters. The summed E-state index contributed by atoms with van der Waals surface area (Å²) in [5, 5.41) is 0. The van der Waals surface area contributed by atoms with Gasteiger partial charge in [0.15, 0.2) is 0 Å². The Labute approximate surface area is 110 Å². The summed E-state index contributed by atoms with van der Waals surface area (Å²) in [5.74, 6) is -0.150. The summed E-state index contributed by atoms with van der Waals surface area (Å²) < 4.78 is 39.7. The van der Waals surface area contributed by atoms with E-state index in [-0.39, 0.29) is 18.3 Å². The predicted molar refractivity (Wildman–Crippen MR) is 62.5 cm³/mol. The Bertz CT molecular complexity index is 264. The van der Waals surface area contributed by atoms with Gasteiger partial charge in [-0.15, -0.1) is 12.4 Å². The number of amides is 1. The molecule has 108 valence electrons. The van der Waals surface area contributed by atoms with Crippen LogP contribution in [0.15, 0.2) is 0 Å². The fourth-order valence-electron chi connectivity index (χ4n) is 1.83. The van der Waals surface area contributed by atoms with E-state index >= 15 is 0 Å². The van der Waals surface area contributed by atoms with Crippen molar-refractivity contribution >= 4 is 18.3 Å². The summed E-state index contributed by atoms with van der Waals surface area (Å²) in [5.41, 5.74) is 5.50. The lowest BCUT2D eigenvalue weighted by molar-refractivity contribution is -0.178. The van der Waals surface area contributed by atoms with Crippen LogP contribution in [0.2, 0.25) is 0 Å². The van der Waals surface area contributed by atoms with Crippen molar-refractivity contribution in [1.82, 2.24) is 4.90 Å². The topological polar surface area (TPSA) is 55.6 Å². The lowest BCUT2D eigenvalue weighted by Crippen LogP contribution is -2.43. The maximum atomic E-state index is 11.8. The molecule has 8 heteroatoms. The van der Waals surface area contributed by atoms with Gasteiger partial charge in [0.05, 0.1) is 0 Å². The number of nitrogens with two attached hydrogens (primary N) is 1. The smallest absolute Gasteiger partial charge is 0.362 e. The monoisotopic (exact) mass is 290 g/mol. The van der Waals surface area contributed by atoms with Crippen LogP contribution in [0, 0.1) is 5.92 Å². The first-order chi connectivity index (χ1) is 7.92. The van der Waals surface area contributed by atoms with Crippen molar-refractivity contribution in [3.05, 3.63) is 0 Å². The van der Waals surface area contributed by atoms with Gasteiger partial charge in [0.25, 0.3) is 0 Å². The number of hydrogen-bond donors (Lipinski definition) is 1. The number of rotatable bonds is 4. The van der Waals surface area contributed by atoms with Gasteiger partial charge in [0.2, 0.25) is 5.91 Å². The van der Waals surface area contributed by atoms with E-state index in [2.05, 4.69) is 4.74 Å². The minimum Gasteiger partial charge on any atom is -0.362 e. The number of likely N-dealkylation sites (tertiary alicyclic amines) is 1. The largest absolute Gasteiger partial charge is 0.411 e. The van der Waals surface area contributed by atoms with E-state index < -0.39 is 25.3 Å². The summed E-state index contributed by atoms with van der Waals surface area (Å²) in [6.45, 7) is -0.313. The highest BCUT2D eigenvalue weighted by molar-refractivity contribution is 5.85. The molecule has 0 bridgehead atoms. The van der Waals surface area contributed by atoms with Crippen LogP contribution in [-0.2, 0) is 9.53 Å². The third-order valence-electron chi connectivity index (χ3n) is 2.70. The molecule has 0 aromatic heterocycles. The lowest BCUT2D eigenvalue weighted by Gasteiger charge is -2.32. The van der Waals surface area contributed by atoms with Crippen molar-refractivity contribution in [2.45, 2.75) is 19.0 Å². The molecule has 2 N–H and O–H groups in total.